The van der Waals surface area contributed by atoms with Gasteiger partial charge in [-0.05, 0) is 13.0 Å². The van der Waals surface area contributed by atoms with Crippen molar-refractivity contribution in [3.63, 3.8) is 0 Å². The van der Waals surface area contributed by atoms with Crippen LogP contribution in [0.3, 0.4) is 0 Å². The number of carbonyl (C=O) groups excluding carboxylic acids is 3. The molecule has 0 bridgehead atoms. The molecular weight excluding hydrogens is 264 g/mol. The van der Waals surface area contributed by atoms with E-state index in [4.69, 9.17) is 10.3 Å². The van der Waals surface area contributed by atoms with Crippen molar-refractivity contribution in [1.82, 2.24) is 15.2 Å². The maximum atomic E-state index is 11.8. The molecular formula is C12H16N4O4. The Bertz CT molecular complexity index is 566. The number of hydrazine groups is 1. The molecule has 108 valence electrons. The molecule has 20 heavy (non-hydrogen) atoms. The van der Waals surface area contributed by atoms with Crippen molar-refractivity contribution in [2.75, 3.05) is 20.1 Å². The number of nitrogens with two attached hydrogens (primary N) is 1. The molecule has 1 saturated heterocycles. The molecule has 2 heterocycles. The number of nitrogen functional groups attached to an aromatic ring is 1. The molecule has 2 rings (SSSR count). The Balaban J connectivity index is 2.12. The van der Waals surface area contributed by atoms with Gasteiger partial charge in [0.1, 0.15) is 12.3 Å². The third kappa shape index (κ3) is 2.64. The van der Waals surface area contributed by atoms with Crippen LogP contribution in [0, 0.1) is 6.92 Å². The Morgan fingerprint density at radius 3 is 2.75 bits per heavy atom. The summed E-state index contributed by atoms with van der Waals surface area (Å²) in [7, 11) is 1.58. The van der Waals surface area contributed by atoms with Gasteiger partial charge in [-0.3, -0.25) is 19.8 Å². The number of hydrogen-bond donors (Lipinski definition) is 2. The Kier molecular flexibility index (Phi) is 3.75. The summed E-state index contributed by atoms with van der Waals surface area (Å²) in [6, 6.07) is 1.65. The van der Waals surface area contributed by atoms with Gasteiger partial charge >= 0.3 is 5.91 Å². The van der Waals surface area contributed by atoms with E-state index < -0.39 is 5.91 Å². The highest BCUT2D eigenvalue weighted by Gasteiger charge is 2.28. The van der Waals surface area contributed by atoms with E-state index in [9.17, 15) is 14.4 Å². The highest BCUT2D eigenvalue weighted by molar-refractivity contribution is 5.93. The van der Waals surface area contributed by atoms with E-state index in [0.29, 0.717) is 11.3 Å². The van der Waals surface area contributed by atoms with Crippen LogP contribution in [0.2, 0.25) is 0 Å². The fraction of sp³-hybridized carbons (Fsp3) is 0.417. The van der Waals surface area contributed by atoms with Gasteiger partial charge in [-0.1, -0.05) is 0 Å². The van der Waals surface area contributed by atoms with E-state index in [2.05, 4.69) is 0 Å². The van der Waals surface area contributed by atoms with Gasteiger partial charge in [-0.25, -0.2) is 5.84 Å². The second-order valence-electron chi connectivity index (χ2n) is 4.70. The van der Waals surface area contributed by atoms with Gasteiger partial charge < -0.3 is 14.2 Å². The standard InChI is InChI=1S/C12H16N4O4/c1-7-3-8(20-11(7)12(19)14-13)4-16-6-9(17)15(2)5-10(16)18/h3H,4-6,13H2,1-2H3,(H,14,19). The molecule has 8 nitrogen and oxygen atoms in total. The van der Waals surface area contributed by atoms with Crippen molar-refractivity contribution in [2.45, 2.75) is 13.5 Å². The summed E-state index contributed by atoms with van der Waals surface area (Å²) < 4.78 is 5.37. The van der Waals surface area contributed by atoms with E-state index in [1.807, 2.05) is 5.43 Å². The Hall–Kier alpha value is -2.35. The summed E-state index contributed by atoms with van der Waals surface area (Å²) in [5.41, 5.74) is 2.61. The number of hydrogen-bond acceptors (Lipinski definition) is 5. The molecule has 0 aliphatic carbocycles. The molecule has 3 amide bonds. The fourth-order valence-corrected chi connectivity index (χ4v) is 2.01. The van der Waals surface area contributed by atoms with Crippen LogP contribution in [0.4, 0.5) is 0 Å². The first-order valence-corrected chi connectivity index (χ1v) is 6.04. The monoisotopic (exact) mass is 280 g/mol. The summed E-state index contributed by atoms with van der Waals surface area (Å²) in [4.78, 5) is 37.6. The molecule has 1 aliphatic heterocycles. The van der Waals surface area contributed by atoms with Crippen molar-refractivity contribution >= 4 is 17.7 Å². The van der Waals surface area contributed by atoms with Crippen molar-refractivity contribution in [2.24, 2.45) is 5.84 Å². The van der Waals surface area contributed by atoms with Crippen molar-refractivity contribution in [3.05, 3.63) is 23.2 Å². The van der Waals surface area contributed by atoms with Gasteiger partial charge in [0.2, 0.25) is 11.8 Å². The lowest BCUT2D eigenvalue weighted by Gasteiger charge is -2.30. The normalized spacial score (nSPS) is 15.8. The zero-order valence-electron chi connectivity index (χ0n) is 11.3. The first-order chi connectivity index (χ1) is 9.42. The fourth-order valence-electron chi connectivity index (χ4n) is 2.01. The molecule has 0 saturated carbocycles. The van der Waals surface area contributed by atoms with Crippen LogP contribution in [0.1, 0.15) is 21.9 Å². The largest absolute Gasteiger partial charge is 0.454 e. The topological polar surface area (TPSA) is 109 Å². The Labute approximate surface area is 115 Å². The van der Waals surface area contributed by atoms with Gasteiger partial charge in [0.25, 0.3) is 0 Å². The number of rotatable bonds is 3. The number of nitrogens with one attached hydrogen (secondary N) is 1. The van der Waals surface area contributed by atoms with Gasteiger partial charge in [0.15, 0.2) is 5.76 Å². The van der Waals surface area contributed by atoms with Crippen molar-refractivity contribution in [1.29, 1.82) is 0 Å². The number of likely N-dealkylation sites (N-methyl/N-ethyl adjacent to an activating group) is 1. The van der Waals surface area contributed by atoms with E-state index >= 15 is 0 Å². The molecule has 8 heteroatoms. The predicted molar refractivity (Wildman–Crippen MR) is 68.2 cm³/mol. The maximum Gasteiger partial charge on any atom is 0.301 e. The first-order valence-electron chi connectivity index (χ1n) is 6.04. The van der Waals surface area contributed by atoms with Gasteiger partial charge in [-0.2, -0.15) is 0 Å². The summed E-state index contributed by atoms with van der Waals surface area (Å²) in [5, 5.41) is 0. The summed E-state index contributed by atoms with van der Waals surface area (Å²) in [6.45, 7) is 1.91. The zero-order chi connectivity index (χ0) is 14.9. The Morgan fingerprint density at radius 2 is 2.10 bits per heavy atom. The number of piperazine rings is 1. The first kappa shape index (κ1) is 14.1. The van der Waals surface area contributed by atoms with Gasteiger partial charge in [0, 0.05) is 12.6 Å². The predicted octanol–water partition coefficient (Wildman–Crippen LogP) is -1.01. The highest BCUT2D eigenvalue weighted by atomic mass is 16.4. The second-order valence-corrected chi connectivity index (χ2v) is 4.70. The number of carbonyl (C=O) groups is 3. The average molecular weight is 280 g/mol. The molecule has 1 aromatic heterocycles. The minimum atomic E-state index is -0.533. The van der Waals surface area contributed by atoms with Crippen molar-refractivity contribution < 1.29 is 18.8 Å². The van der Waals surface area contributed by atoms with Crippen LogP contribution >= 0.6 is 0 Å². The van der Waals surface area contributed by atoms with E-state index in [-0.39, 0.29) is 37.2 Å². The maximum absolute atomic E-state index is 11.8. The number of aryl methyl sites for hydroxylation is 1. The summed E-state index contributed by atoms with van der Waals surface area (Å²) in [5.74, 6) is 4.77. The molecule has 1 aromatic rings. The molecule has 1 aliphatic rings. The summed E-state index contributed by atoms with van der Waals surface area (Å²) in [6.07, 6.45) is 0. The molecule has 3 N–H and O–H groups in total. The minimum Gasteiger partial charge on any atom is -0.454 e. The lowest BCUT2D eigenvalue weighted by molar-refractivity contribution is -0.149. The second kappa shape index (κ2) is 5.33. The van der Waals surface area contributed by atoms with E-state index in [1.165, 1.54) is 9.80 Å². The van der Waals surface area contributed by atoms with Crippen LogP contribution in [0.15, 0.2) is 10.5 Å². The van der Waals surface area contributed by atoms with Crippen LogP contribution in [0.5, 0.6) is 0 Å². The molecule has 0 atom stereocenters. The SMILES string of the molecule is Cc1cc(CN2CC(=O)N(C)CC2=O)oc1C(=O)NN. The smallest absolute Gasteiger partial charge is 0.301 e. The third-order valence-electron chi connectivity index (χ3n) is 3.13. The number of amides is 3. The minimum absolute atomic E-state index is 0.00744. The zero-order valence-corrected chi connectivity index (χ0v) is 11.3. The van der Waals surface area contributed by atoms with Crippen molar-refractivity contribution in [3.8, 4) is 0 Å². The van der Waals surface area contributed by atoms with E-state index in [0.717, 1.165) is 0 Å². The molecule has 0 spiro atoms. The van der Waals surface area contributed by atoms with Gasteiger partial charge in [0.05, 0.1) is 13.1 Å². The van der Waals surface area contributed by atoms with Gasteiger partial charge in [-0.15, -0.1) is 0 Å². The molecule has 1 fully saturated rings. The lowest BCUT2D eigenvalue weighted by Crippen LogP contribution is -2.51. The average Bonchev–Trinajstić information content (AvgIpc) is 2.76. The number of nitrogens with zero attached hydrogens (tertiary/aromatic N) is 2. The highest BCUT2D eigenvalue weighted by Crippen LogP contribution is 2.17. The molecule has 0 radical (unpaired) electrons. The number of furan rings is 1. The van der Waals surface area contributed by atoms with Crippen LogP contribution in [0.25, 0.3) is 0 Å². The summed E-state index contributed by atoms with van der Waals surface area (Å²) >= 11 is 0. The quantitative estimate of drug-likeness (QED) is 0.419. The third-order valence-corrected chi connectivity index (χ3v) is 3.13. The van der Waals surface area contributed by atoms with Crippen LogP contribution in [-0.4, -0.2) is 47.7 Å². The van der Waals surface area contributed by atoms with Crippen LogP contribution < -0.4 is 11.3 Å². The lowest BCUT2D eigenvalue weighted by atomic mass is 10.2. The van der Waals surface area contributed by atoms with E-state index in [1.54, 1.807) is 20.0 Å². The molecule has 0 aromatic carbocycles. The molecule has 0 unspecified atom stereocenters. The van der Waals surface area contributed by atoms with Crippen LogP contribution in [-0.2, 0) is 16.1 Å². The Morgan fingerprint density at radius 1 is 1.40 bits per heavy atom.